The van der Waals surface area contributed by atoms with Crippen molar-refractivity contribution in [3.05, 3.63) is 89.0 Å². The molecule has 4 nitrogen and oxygen atoms in total. The Balaban J connectivity index is 1.48. The molecule has 3 aromatic carbocycles. The van der Waals surface area contributed by atoms with Crippen molar-refractivity contribution in [1.82, 2.24) is 4.90 Å². The quantitative estimate of drug-likeness (QED) is 0.510. The Morgan fingerprint density at radius 3 is 2.39 bits per heavy atom. The number of para-hydroxylation sites is 1. The van der Waals surface area contributed by atoms with Crippen molar-refractivity contribution in [3.8, 4) is 11.1 Å². The molecule has 1 aliphatic carbocycles. The number of rotatable bonds is 1. The van der Waals surface area contributed by atoms with E-state index in [1.165, 1.54) is 0 Å². The fraction of sp³-hybridized carbons (Fsp3) is 0.167. The number of fused-ring (bicyclic) bond motifs is 4. The van der Waals surface area contributed by atoms with E-state index >= 15 is 0 Å². The topological polar surface area (TPSA) is 40.6 Å². The molecular weight excluding hydrogens is 348 g/mol. The molecule has 0 saturated heterocycles. The fourth-order valence-electron chi connectivity index (χ4n) is 4.21. The summed E-state index contributed by atoms with van der Waals surface area (Å²) in [4.78, 5) is 30.1. The van der Waals surface area contributed by atoms with E-state index in [4.69, 9.17) is 0 Å². The van der Waals surface area contributed by atoms with Crippen LogP contribution in [0.3, 0.4) is 0 Å². The van der Waals surface area contributed by atoms with Gasteiger partial charge in [0.1, 0.15) is 0 Å². The van der Waals surface area contributed by atoms with Gasteiger partial charge in [-0.1, -0.05) is 48.5 Å². The summed E-state index contributed by atoms with van der Waals surface area (Å²) >= 11 is 0. The summed E-state index contributed by atoms with van der Waals surface area (Å²) in [7, 11) is 2.05. The largest absolute Gasteiger partial charge is 0.373 e. The highest BCUT2D eigenvalue weighted by Gasteiger charge is 2.28. The van der Waals surface area contributed by atoms with Crippen LogP contribution in [-0.4, -0.2) is 36.7 Å². The SMILES string of the molecule is CN1CCN(C(=O)c2ccc3c(c2)C(=O)c2ccccc2-3)Cc2ccccc21. The molecule has 0 radical (unpaired) electrons. The zero-order valence-electron chi connectivity index (χ0n) is 15.7. The molecule has 28 heavy (non-hydrogen) atoms. The van der Waals surface area contributed by atoms with Gasteiger partial charge < -0.3 is 9.80 Å². The molecule has 1 amide bonds. The Hall–Kier alpha value is -3.40. The van der Waals surface area contributed by atoms with Crippen LogP contribution in [0.4, 0.5) is 5.69 Å². The number of likely N-dealkylation sites (N-methyl/N-ethyl adjacent to an activating group) is 1. The molecule has 0 aromatic heterocycles. The maximum absolute atomic E-state index is 13.2. The lowest BCUT2D eigenvalue weighted by molar-refractivity contribution is 0.0752. The molecule has 0 N–H and O–H groups in total. The van der Waals surface area contributed by atoms with Gasteiger partial charge in [-0.25, -0.2) is 0 Å². The van der Waals surface area contributed by atoms with Gasteiger partial charge in [0.15, 0.2) is 5.78 Å². The summed E-state index contributed by atoms with van der Waals surface area (Å²) in [6.45, 7) is 2.00. The van der Waals surface area contributed by atoms with Crippen LogP contribution in [0.25, 0.3) is 11.1 Å². The molecule has 0 atom stereocenters. The molecule has 4 heteroatoms. The van der Waals surface area contributed by atoms with Gasteiger partial charge in [-0.2, -0.15) is 0 Å². The average molecular weight is 368 g/mol. The fourth-order valence-corrected chi connectivity index (χ4v) is 4.21. The summed E-state index contributed by atoms with van der Waals surface area (Å²) in [5.41, 5.74) is 6.08. The third-order valence-electron chi connectivity index (χ3n) is 5.73. The van der Waals surface area contributed by atoms with Crippen LogP contribution in [0.2, 0.25) is 0 Å². The van der Waals surface area contributed by atoms with Crippen LogP contribution in [0, 0.1) is 0 Å². The van der Waals surface area contributed by atoms with Crippen LogP contribution in [0.1, 0.15) is 31.8 Å². The summed E-state index contributed by atoms with van der Waals surface area (Å²) in [5, 5.41) is 0. The van der Waals surface area contributed by atoms with E-state index in [9.17, 15) is 9.59 Å². The van der Waals surface area contributed by atoms with Crippen LogP contribution >= 0.6 is 0 Å². The second-order valence-electron chi connectivity index (χ2n) is 7.41. The number of hydrogen-bond donors (Lipinski definition) is 0. The van der Waals surface area contributed by atoms with E-state index in [0.29, 0.717) is 29.8 Å². The maximum atomic E-state index is 13.2. The third-order valence-corrected chi connectivity index (χ3v) is 5.73. The Morgan fingerprint density at radius 2 is 1.54 bits per heavy atom. The lowest BCUT2D eigenvalue weighted by atomic mass is 10.0. The zero-order valence-corrected chi connectivity index (χ0v) is 15.7. The Bertz CT molecular complexity index is 1120. The molecule has 3 aromatic rings. The summed E-state index contributed by atoms with van der Waals surface area (Å²) < 4.78 is 0. The van der Waals surface area contributed by atoms with Crippen LogP contribution in [-0.2, 0) is 6.54 Å². The van der Waals surface area contributed by atoms with Crippen molar-refractivity contribution in [2.45, 2.75) is 6.54 Å². The van der Waals surface area contributed by atoms with Gasteiger partial charge in [-0.15, -0.1) is 0 Å². The molecule has 138 valence electrons. The van der Waals surface area contributed by atoms with Crippen molar-refractivity contribution >= 4 is 17.4 Å². The van der Waals surface area contributed by atoms with Crippen molar-refractivity contribution in [1.29, 1.82) is 0 Å². The molecule has 0 fully saturated rings. The van der Waals surface area contributed by atoms with E-state index in [0.717, 1.165) is 28.9 Å². The molecular formula is C24H20N2O2. The third kappa shape index (κ3) is 2.53. The van der Waals surface area contributed by atoms with Gasteiger partial charge >= 0.3 is 0 Å². The van der Waals surface area contributed by atoms with E-state index in [2.05, 4.69) is 24.1 Å². The minimum absolute atomic E-state index is 0.00111. The standard InChI is InChI=1S/C24H20N2O2/c1-25-12-13-26(15-17-6-2-5-9-22(17)25)24(28)16-10-11-19-18-7-3-4-8-20(18)23(27)21(19)14-16/h2-11,14H,12-13,15H2,1H3. The predicted molar refractivity (Wildman–Crippen MR) is 110 cm³/mol. The first kappa shape index (κ1) is 16.8. The number of carbonyl (C=O) groups is 2. The Morgan fingerprint density at radius 1 is 0.821 bits per heavy atom. The van der Waals surface area contributed by atoms with Crippen molar-refractivity contribution in [2.75, 3.05) is 25.0 Å². The molecule has 1 heterocycles. The highest BCUT2D eigenvalue weighted by atomic mass is 16.2. The number of benzene rings is 3. The number of carbonyl (C=O) groups excluding carboxylic acids is 2. The number of amides is 1. The minimum atomic E-state index is -0.0309. The number of anilines is 1. The van der Waals surface area contributed by atoms with E-state index in [-0.39, 0.29) is 11.7 Å². The molecule has 0 unspecified atom stereocenters. The van der Waals surface area contributed by atoms with Crippen LogP contribution in [0.5, 0.6) is 0 Å². The lowest BCUT2D eigenvalue weighted by Gasteiger charge is -2.21. The van der Waals surface area contributed by atoms with E-state index in [1.54, 1.807) is 6.07 Å². The zero-order chi connectivity index (χ0) is 19.3. The number of ketones is 1. The normalized spacial score (nSPS) is 15.0. The number of hydrogen-bond acceptors (Lipinski definition) is 3. The lowest BCUT2D eigenvalue weighted by Crippen LogP contribution is -2.34. The van der Waals surface area contributed by atoms with Gasteiger partial charge in [0.2, 0.25) is 0 Å². The first-order valence-electron chi connectivity index (χ1n) is 9.50. The van der Waals surface area contributed by atoms with Gasteiger partial charge in [0, 0.05) is 49.1 Å². The first-order chi connectivity index (χ1) is 13.6. The van der Waals surface area contributed by atoms with Crippen LogP contribution < -0.4 is 4.90 Å². The van der Waals surface area contributed by atoms with Crippen molar-refractivity contribution in [2.24, 2.45) is 0 Å². The second-order valence-corrected chi connectivity index (χ2v) is 7.41. The van der Waals surface area contributed by atoms with Gasteiger partial charge in [0.05, 0.1) is 0 Å². The molecule has 0 saturated carbocycles. The van der Waals surface area contributed by atoms with Gasteiger partial charge in [-0.3, -0.25) is 9.59 Å². The second kappa shape index (κ2) is 6.34. The van der Waals surface area contributed by atoms with E-state index < -0.39 is 0 Å². The summed E-state index contributed by atoms with van der Waals surface area (Å²) in [6.07, 6.45) is 0. The van der Waals surface area contributed by atoms with Crippen molar-refractivity contribution < 1.29 is 9.59 Å². The highest BCUT2D eigenvalue weighted by Crippen LogP contribution is 2.37. The molecule has 0 bridgehead atoms. The summed E-state index contributed by atoms with van der Waals surface area (Å²) in [6, 6.07) is 21.3. The minimum Gasteiger partial charge on any atom is -0.373 e. The van der Waals surface area contributed by atoms with Gasteiger partial charge in [0.25, 0.3) is 5.91 Å². The Kier molecular flexibility index (Phi) is 3.79. The Labute approximate surface area is 164 Å². The summed E-state index contributed by atoms with van der Waals surface area (Å²) in [5.74, 6) is -0.0298. The monoisotopic (exact) mass is 368 g/mol. The molecule has 0 spiro atoms. The molecule has 1 aliphatic heterocycles. The van der Waals surface area contributed by atoms with E-state index in [1.807, 2.05) is 53.4 Å². The predicted octanol–water partition coefficient (Wildman–Crippen LogP) is 3.99. The van der Waals surface area contributed by atoms with Crippen molar-refractivity contribution in [3.63, 3.8) is 0 Å². The van der Waals surface area contributed by atoms with Gasteiger partial charge in [-0.05, 0) is 34.9 Å². The number of nitrogens with zero attached hydrogens (tertiary/aromatic N) is 2. The average Bonchev–Trinajstić information content (AvgIpc) is 2.90. The maximum Gasteiger partial charge on any atom is 0.254 e. The highest BCUT2D eigenvalue weighted by molar-refractivity contribution is 6.22. The molecule has 2 aliphatic rings. The molecule has 5 rings (SSSR count). The smallest absolute Gasteiger partial charge is 0.254 e. The van der Waals surface area contributed by atoms with Crippen LogP contribution in [0.15, 0.2) is 66.7 Å². The first-order valence-corrected chi connectivity index (χ1v) is 9.50.